The molecule has 1 aromatic rings. The van der Waals surface area contributed by atoms with Crippen LogP contribution >= 0.6 is 12.4 Å². The van der Waals surface area contributed by atoms with Crippen LogP contribution in [0.1, 0.15) is 52.9 Å². The van der Waals surface area contributed by atoms with Gasteiger partial charge in [-0.1, -0.05) is 40.0 Å². The highest BCUT2D eigenvalue weighted by atomic mass is 35.5. The van der Waals surface area contributed by atoms with Gasteiger partial charge >= 0.3 is 0 Å². The van der Waals surface area contributed by atoms with Gasteiger partial charge in [-0.25, -0.2) is 0 Å². The molecule has 27 heavy (non-hydrogen) atoms. The van der Waals surface area contributed by atoms with Crippen molar-refractivity contribution in [1.82, 2.24) is 0 Å². The maximum atomic E-state index is 12.5. The third-order valence-electron chi connectivity index (χ3n) is 4.92. The Bertz CT molecular complexity index is 652. The first-order chi connectivity index (χ1) is 12.2. The molecule has 1 aromatic carbocycles. The minimum Gasteiger partial charge on any atom is -0.495 e. The summed E-state index contributed by atoms with van der Waals surface area (Å²) in [7, 11) is 1.55. The minimum atomic E-state index is -0.634. The molecule has 0 spiro atoms. The average molecular weight is 398 g/mol. The summed E-state index contributed by atoms with van der Waals surface area (Å²) in [4.78, 5) is 24.9. The summed E-state index contributed by atoms with van der Waals surface area (Å²) >= 11 is 0. The van der Waals surface area contributed by atoms with Crippen LogP contribution in [0.4, 0.5) is 11.4 Å². The summed E-state index contributed by atoms with van der Waals surface area (Å²) in [5, 5.41) is 5.78. The molecular formula is C20H32ClN3O3. The van der Waals surface area contributed by atoms with E-state index in [1.54, 1.807) is 25.3 Å². The lowest BCUT2D eigenvalue weighted by Gasteiger charge is -2.26. The Kier molecular flexibility index (Phi) is 8.57. The molecular weight excluding hydrogens is 366 g/mol. The van der Waals surface area contributed by atoms with E-state index in [-0.39, 0.29) is 35.6 Å². The maximum Gasteiger partial charge on any atom is 0.241 e. The molecule has 0 radical (unpaired) electrons. The van der Waals surface area contributed by atoms with E-state index in [1.165, 1.54) is 6.42 Å². The Labute approximate surface area is 168 Å². The number of nitrogens with one attached hydrogen (secondary N) is 2. The third kappa shape index (κ3) is 6.40. The Balaban J connectivity index is 0.00000364. The Morgan fingerprint density at radius 2 is 1.78 bits per heavy atom. The average Bonchev–Trinajstić information content (AvgIpc) is 2.61. The quantitative estimate of drug-likeness (QED) is 0.701. The van der Waals surface area contributed by atoms with E-state index in [0.717, 1.165) is 25.7 Å². The lowest BCUT2D eigenvalue weighted by Crippen LogP contribution is -2.45. The molecule has 6 nitrogen and oxygen atoms in total. The molecule has 0 bridgehead atoms. The highest BCUT2D eigenvalue weighted by Gasteiger charge is 2.28. The van der Waals surface area contributed by atoms with Gasteiger partial charge in [-0.3, -0.25) is 9.59 Å². The number of hydrogen-bond acceptors (Lipinski definition) is 4. The van der Waals surface area contributed by atoms with E-state index in [4.69, 9.17) is 10.5 Å². The van der Waals surface area contributed by atoms with Crippen LogP contribution in [0.15, 0.2) is 18.2 Å². The van der Waals surface area contributed by atoms with E-state index in [1.807, 2.05) is 20.8 Å². The Morgan fingerprint density at radius 1 is 1.15 bits per heavy atom. The number of benzene rings is 1. The molecule has 0 aliphatic heterocycles. The van der Waals surface area contributed by atoms with E-state index in [2.05, 4.69) is 10.6 Å². The predicted molar refractivity (Wildman–Crippen MR) is 112 cm³/mol. The summed E-state index contributed by atoms with van der Waals surface area (Å²) in [6.45, 7) is 5.75. The normalized spacial score (nSPS) is 16.0. The van der Waals surface area contributed by atoms with Crippen molar-refractivity contribution in [3.63, 3.8) is 0 Å². The summed E-state index contributed by atoms with van der Waals surface area (Å²) in [5.41, 5.74) is 6.81. The molecule has 1 atom stereocenters. The second-order valence-electron chi connectivity index (χ2n) is 8.07. The molecule has 1 fully saturated rings. The Morgan fingerprint density at radius 3 is 2.33 bits per heavy atom. The van der Waals surface area contributed by atoms with Gasteiger partial charge in [-0.05, 0) is 36.5 Å². The van der Waals surface area contributed by atoms with Crippen LogP contribution < -0.4 is 21.1 Å². The highest BCUT2D eigenvalue weighted by Crippen LogP contribution is 2.31. The lowest BCUT2D eigenvalue weighted by molar-refractivity contribution is -0.121. The van der Waals surface area contributed by atoms with Gasteiger partial charge in [0, 0.05) is 11.6 Å². The second-order valence-corrected chi connectivity index (χ2v) is 8.07. The Hall–Kier alpha value is -1.79. The SMILES string of the molecule is COc1ccc(NC(=O)[C@@H](N)C(C)(C)C)cc1NC(=O)C1CCCCC1.Cl. The van der Waals surface area contributed by atoms with Crippen molar-refractivity contribution in [2.75, 3.05) is 17.7 Å². The van der Waals surface area contributed by atoms with Crippen LogP contribution in [-0.2, 0) is 9.59 Å². The number of anilines is 2. The van der Waals surface area contributed by atoms with Gasteiger partial charge in [0.2, 0.25) is 11.8 Å². The van der Waals surface area contributed by atoms with Gasteiger partial charge in [0.1, 0.15) is 5.75 Å². The number of nitrogens with two attached hydrogens (primary N) is 1. The first kappa shape index (κ1) is 23.2. The van der Waals surface area contributed by atoms with Crippen LogP contribution in [0, 0.1) is 11.3 Å². The molecule has 4 N–H and O–H groups in total. The minimum absolute atomic E-state index is 0. The molecule has 1 aliphatic carbocycles. The van der Waals surface area contributed by atoms with Crippen LogP contribution in [0.3, 0.4) is 0 Å². The number of rotatable bonds is 5. The molecule has 7 heteroatoms. The number of carbonyl (C=O) groups is 2. The van der Waals surface area contributed by atoms with Crippen molar-refractivity contribution < 1.29 is 14.3 Å². The van der Waals surface area contributed by atoms with Gasteiger partial charge in [-0.2, -0.15) is 0 Å². The molecule has 2 rings (SSSR count). The van der Waals surface area contributed by atoms with Crippen LogP contribution in [0.2, 0.25) is 0 Å². The smallest absolute Gasteiger partial charge is 0.241 e. The van der Waals surface area contributed by atoms with E-state index >= 15 is 0 Å². The van der Waals surface area contributed by atoms with Gasteiger partial charge in [0.05, 0.1) is 18.8 Å². The summed E-state index contributed by atoms with van der Waals surface area (Å²) in [6.07, 6.45) is 5.23. The first-order valence-electron chi connectivity index (χ1n) is 9.27. The topological polar surface area (TPSA) is 93.4 Å². The predicted octanol–water partition coefficient (Wildman–Crippen LogP) is 3.95. The number of methoxy groups -OCH3 is 1. The van der Waals surface area contributed by atoms with Crippen LogP contribution in [-0.4, -0.2) is 25.0 Å². The van der Waals surface area contributed by atoms with Crippen LogP contribution in [0.25, 0.3) is 0 Å². The number of halogens is 1. The zero-order valence-corrected chi connectivity index (χ0v) is 17.4. The van der Waals surface area contributed by atoms with Gasteiger partial charge in [-0.15, -0.1) is 12.4 Å². The van der Waals surface area contributed by atoms with Crippen molar-refractivity contribution in [2.45, 2.75) is 58.9 Å². The van der Waals surface area contributed by atoms with Crippen molar-refractivity contribution in [2.24, 2.45) is 17.1 Å². The summed E-state index contributed by atoms with van der Waals surface area (Å²) in [5.74, 6) is 0.360. The summed E-state index contributed by atoms with van der Waals surface area (Å²) < 4.78 is 5.34. The second kappa shape index (κ2) is 9.95. The third-order valence-corrected chi connectivity index (χ3v) is 4.92. The standard InChI is InChI=1S/C20H31N3O3.ClH/c1-20(2,3)17(21)19(25)22-14-10-11-16(26-4)15(12-14)23-18(24)13-8-6-5-7-9-13;/h10-13,17H,5-9,21H2,1-4H3,(H,22,25)(H,23,24);1H/t17-;/m1./s1. The molecule has 0 heterocycles. The zero-order valence-electron chi connectivity index (χ0n) is 16.6. The lowest BCUT2D eigenvalue weighted by atomic mass is 9.87. The van der Waals surface area contributed by atoms with Gasteiger partial charge < -0.3 is 21.1 Å². The van der Waals surface area contributed by atoms with Gasteiger partial charge in [0.15, 0.2) is 0 Å². The van der Waals surface area contributed by atoms with Crippen molar-refractivity contribution in [3.8, 4) is 5.75 Å². The highest BCUT2D eigenvalue weighted by molar-refractivity contribution is 5.98. The van der Waals surface area contributed by atoms with Crippen molar-refractivity contribution in [3.05, 3.63) is 18.2 Å². The van der Waals surface area contributed by atoms with E-state index in [9.17, 15) is 9.59 Å². The molecule has 152 valence electrons. The monoisotopic (exact) mass is 397 g/mol. The summed E-state index contributed by atoms with van der Waals surface area (Å²) in [6, 6.07) is 4.55. The molecule has 0 aromatic heterocycles. The fourth-order valence-electron chi connectivity index (χ4n) is 3.10. The number of carbonyl (C=O) groups excluding carboxylic acids is 2. The van der Waals surface area contributed by atoms with Crippen molar-refractivity contribution >= 4 is 35.6 Å². The number of hydrogen-bond donors (Lipinski definition) is 3. The molecule has 0 saturated heterocycles. The molecule has 0 unspecified atom stereocenters. The maximum absolute atomic E-state index is 12.5. The van der Waals surface area contributed by atoms with Crippen LogP contribution in [0.5, 0.6) is 5.75 Å². The fraction of sp³-hybridized carbons (Fsp3) is 0.600. The van der Waals surface area contributed by atoms with E-state index < -0.39 is 6.04 Å². The van der Waals surface area contributed by atoms with Gasteiger partial charge in [0.25, 0.3) is 0 Å². The number of ether oxygens (including phenoxy) is 1. The molecule has 1 saturated carbocycles. The number of amides is 2. The zero-order chi connectivity index (χ0) is 19.3. The molecule has 1 aliphatic rings. The molecule has 2 amide bonds. The first-order valence-corrected chi connectivity index (χ1v) is 9.27. The van der Waals surface area contributed by atoms with E-state index in [0.29, 0.717) is 17.1 Å². The largest absolute Gasteiger partial charge is 0.495 e. The van der Waals surface area contributed by atoms with Crippen molar-refractivity contribution in [1.29, 1.82) is 0 Å². The fourth-order valence-corrected chi connectivity index (χ4v) is 3.10.